The SMILES string of the molecule is COc1ccc(/C=N/Nc2nc(-c3ccc(Cl)c(Cl)c3)nc3ccccc23)cc1OC. The molecule has 4 aromatic rings. The van der Waals surface area contributed by atoms with Crippen molar-refractivity contribution in [2.75, 3.05) is 19.6 Å². The van der Waals surface area contributed by atoms with Crippen molar-refractivity contribution in [1.82, 2.24) is 9.97 Å². The van der Waals surface area contributed by atoms with E-state index in [1.165, 1.54) is 0 Å². The molecule has 0 saturated heterocycles. The third-order valence-electron chi connectivity index (χ3n) is 4.57. The fraction of sp³-hybridized carbons (Fsp3) is 0.0870. The number of nitrogens with one attached hydrogen (secondary N) is 1. The molecule has 0 bridgehead atoms. The van der Waals surface area contributed by atoms with Crippen LogP contribution in [0.3, 0.4) is 0 Å². The molecule has 4 rings (SSSR count). The number of aromatic nitrogens is 2. The zero-order valence-electron chi connectivity index (χ0n) is 16.8. The minimum Gasteiger partial charge on any atom is -0.493 e. The lowest BCUT2D eigenvalue weighted by Gasteiger charge is -2.09. The van der Waals surface area contributed by atoms with Crippen LogP contribution in [0.4, 0.5) is 5.82 Å². The number of hydrogen-bond acceptors (Lipinski definition) is 6. The number of methoxy groups -OCH3 is 2. The van der Waals surface area contributed by atoms with Crippen LogP contribution in [0.5, 0.6) is 11.5 Å². The van der Waals surface area contributed by atoms with E-state index in [0.717, 1.165) is 22.0 Å². The maximum Gasteiger partial charge on any atom is 0.162 e. The summed E-state index contributed by atoms with van der Waals surface area (Å²) < 4.78 is 10.6. The number of para-hydroxylation sites is 1. The van der Waals surface area contributed by atoms with Crippen molar-refractivity contribution in [3.8, 4) is 22.9 Å². The molecule has 1 heterocycles. The molecule has 31 heavy (non-hydrogen) atoms. The van der Waals surface area contributed by atoms with Crippen LogP contribution in [0.2, 0.25) is 10.0 Å². The van der Waals surface area contributed by atoms with E-state index in [-0.39, 0.29) is 0 Å². The van der Waals surface area contributed by atoms with E-state index in [1.54, 1.807) is 32.6 Å². The van der Waals surface area contributed by atoms with Gasteiger partial charge in [-0.15, -0.1) is 0 Å². The lowest BCUT2D eigenvalue weighted by atomic mass is 10.2. The van der Waals surface area contributed by atoms with Crippen LogP contribution < -0.4 is 14.9 Å². The highest BCUT2D eigenvalue weighted by molar-refractivity contribution is 6.42. The first-order chi connectivity index (χ1) is 15.1. The van der Waals surface area contributed by atoms with Gasteiger partial charge >= 0.3 is 0 Å². The van der Waals surface area contributed by atoms with Gasteiger partial charge in [0.15, 0.2) is 23.1 Å². The van der Waals surface area contributed by atoms with E-state index >= 15 is 0 Å². The van der Waals surface area contributed by atoms with Crippen molar-refractivity contribution < 1.29 is 9.47 Å². The predicted molar refractivity (Wildman–Crippen MR) is 126 cm³/mol. The summed E-state index contributed by atoms with van der Waals surface area (Å²) in [5.74, 6) is 2.37. The number of ether oxygens (including phenoxy) is 2. The van der Waals surface area contributed by atoms with E-state index < -0.39 is 0 Å². The molecule has 0 fully saturated rings. The first-order valence-corrected chi connectivity index (χ1v) is 10.1. The van der Waals surface area contributed by atoms with Crippen LogP contribution in [0.1, 0.15) is 5.56 Å². The lowest BCUT2D eigenvalue weighted by molar-refractivity contribution is 0.355. The van der Waals surface area contributed by atoms with E-state index in [4.69, 9.17) is 32.7 Å². The number of nitrogens with zero attached hydrogens (tertiary/aromatic N) is 3. The molecule has 0 aliphatic heterocycles. The third kappa shape index (κ3) is 4.55. The van der Waals surface area contributed by atoms with Crippen LogP contribution >= 0.6 is 23.2 Å². The summed E-state index contributed by atoms with van der Waals surface area (Å²) in [5, 5.41) is 6.11. The first kappa shape index (κ1) is 20.9. The number of halogens is 2. The van der Waals surface area contributed by atoms with Gasteiger partial charge in [-0.25, -0.2) is 9.97 Å². The Morgan fingerprint density at radius 1 is 0.871 bits per heavy atom. The molecule has 0 amide bonds. The summed E-state index contributed by atoms with van der Waals surface area (Å²) in [6.45, 7) is 0. The van der Waals surface area contributed by atoms with Crippen molar-refractivity contribution >= 4 is 46.1 Å². The molecule has 0 unspecified atom stereocenters. The fourth-order valence-electron chi connectivity index (χ4n) is 3.03. The Labute approximate surface area is 189 Å². The Bertz CT molecular complexity index is 1280. The molecular weight excluding hydrogens is 435 g/mol. The second-order valence-corrected chi connectivity index (χ2v) is 7.34. The van der Waals surface area contributed by atoms with Crippen molar-refractivity contribution in [1.29, 1.82) is 0 Å². The van der Waals surface area contributed by atoms with Gasteiger partial charge in [-0.3, -0.25) is 5.43 Å². The normalized spacial score (nSPS) is 11.1. The number of benzene rings is 3. The van der Waals surface area contributed by atoms with Gasteiger partial charge in [-0.2, -0.15) is 5.10 Å². The highest BCUT2D eigenvalue weighted by atomic mass is 35.5. The summed E-state index contributed by atoms with van der Waals surface area (Å²) in [6, 6.07) is 18.5. The van der Waals surface area contributed by atoms with Gasteiger partial charge in [-0.05, 0) is 54.1 Å². The second kappa shape index (κ2) is 9.20. The molecule has 0 atom stereocenters. The van der Waals surface area contributed by atoms with Gasteiger partial charge in [0.2, 0.25) is 0 Å². The smallest absolute Gasteiger partial charge is 0.162 e. The highest BCUT2D eigenvalue weighted by Crippen LogP contribution is 2.30. The quantitative estimate of drug-likeness (QED) is 0.284. The molecular formula is C23H18Cl2N4O2. The van der Waals surface area contributed by atoms with Gasteiger partial charge in [0.05, 0.1) is 36.0 Å². The minimum atomic E-state index is 0.442. The Hall–Kier alpha value is -3.35. The Balaban J connectivity index is 1.68. The molecule has 6 nitrogen and oxygen atoms in total. The summed E-state index contributed by atoms with van der Waals surface area (Å²) in [4.78, 5) is 9.30. The molecule has 0 radical (unpaired) electrons. The standard InChI is InChI=1S/C23H18Cl2N4O2/c1-30-20-10-7-14(11-21(20)31-2)13-26-29-23-16-5-3-4-6-19(16)27-22(28-23)15-8-9-17(24)18(25)12-15/h3-13H,1-2H3,(H,27,28,29)/b26-13+. The summed E-state index contributed by atoms with van der Waals surface area (Å²) in [5.41, 5.74) is 5.40. The maximum atomic E-state index is 6.17. The molecule has 156 valence electrons. The van der Waals surface area contributed by atoms with Crippen LogP contribution in [0.25, 0.3) is 22.3 Å². The zero-order chi connectivity index (χ0) is 21.8. The lowest BCUT2D eigenvalue weighted by Crippen LogP contribution is -1.99. The Kier molecular flexibility index (Phi) is 6.21. The minimum absolute atomic E-state index is 0.442. The maximum absolute atomic E-state index is 6.17. The molecule has 1 aromatic heterocycles. The van der Waals surface area contributed by atoms with E-state index in [1.807, 2.05) is 48.5 Å². The van der Waals surface area contributed by atoms with Crippen molar-refractivity contribution in [3.05, 3.63) is 76.3 Å². The van der Waals surface area contributed by atoms with Crippen LogP contribution in [-0.4, -0.2) is 30.4 Å². The summed E-state index contributed by atoms with van der Waals surface area (Å²) in [7, 11) is 3.19. The molecule has 1 N–H and O–H groups in total. The number of anilines is 1. The highest BCUT2D eigenvalue weighted by Gasteiger charge is 2.10. The number of rotatable bonds is 6. The van der Waals surface area contributed by atoms with Crippen molar-refractivity contribution in [2.24, 2.45) is 5.10 Å². The van der Waals surface area contributed by atoms with Gasteiger partial charge in [0, 0.05) is 10.9 Å². The third-order valence-corrected chi connectivity index (χ3v) is 5.31. The predicted octanol–water partition coefficient (Wildman–Crippen LogP) is 6.07. The van der Waals surface area contributed by atoms with Crippen molar-refractivity contribution in [2.45, 2.75) is 0 Å². The second-order valence-electron chi connectivity index (χ2n) is 6.53. The van der Waals surface area contributed by atoms with Crippen molar-refractivity contribution in [3.63, 3.8) is 0 Å². The van der Waals surface area contributed by atoms with E-state index in [9.17, 15) is 0 Å². The summed E-state index contributed by atoms with van der Waals surface area (Å²) in [6.07, 6.45) is 1.68. The first-order valence-electron chi connectivity index (χ1n) is 9.32. The van der Waals surface area contributed by atoms with Crippen LogP contribution in [0.15, 0.2) is 65.8 Å². The average molecular weight is 453 g/mol. The molecule has 0 aliphatic carbocycles. The van der Waals surface area contributed by atoms with Crippen LogP contribution in [0, 0.1) is 0 Å². The van der Waals surface area contributed by atoms with E-state index in [2.05, 4.69) is 20.5 Å². The topological polar surface area (TPSA) is 68.6 Å². The van der Waals surface area contributed by atoms with E-state index in [0.29, 0.717) is 33.2 Å². The average Bonchev–Trinajstić information content (AvgIpc) is 2.80. The number of hydrogen-bond donors (Lipinski definition) is 1. The molecule has 0 saturated carbocycles. The largest absolute Gasteiger partial charge is 0.493 e. The summed E-state index contributed by atoms with van der Waals surface area (Å²) >= 11 is 12.2. The molecule has 8 heteroatoms. The van der Waals surface area contributed by atoms with Crippen LogP contribution in [-0.2, 0) is 0 Å². The molecule has 3 aromatic carbocycles. The zero-order valence-corrected chi connectivity index (χ0v) is 18.3. The fourth-order valence-corrected chi connectivity index (χ4v) is 3.33. The number of hydrazone groups is 1. The van der Waals surface area contributed by atoms with Gasteiger partial charge in [0.1, 0.15) is 0 Å². The molecule has 0 aliphatic rings. The van der Waals surface area contributed by atoms with Gasteiger partial charge in [0.25, 0.3) is 0 Å². The Morgan fingerprint density at radius 2 is 1.68 bits per heavy atom. The monoisotopic (exact) mass is 452 g/mol. The molecule has 0 spiro atoms. The number of fused-ring (bicyclic) bond motifs is 1. The Morgan fingerprint density at radius 3 is 2.45 bits per heavy atom. The van der Waals surface area contributed by atoms with Gasteiger partial charge in [-0.1, -0.05) is 35.3 Å². The van der Waals surface area contributed by atoms with Gasteiger partial charge < -0.3 is 9.47 Å².